The van der Waals surface area contributed by atoms with Crippen LogP contribution in [0.2, 0.25) is 10.0 Å². The van der Waals surface area contributed by atoms with Crippen LogP contribution in [0.25, 0.3) is 17.0 Å². The molecule has 0 aliphatic carbocycles. The number of aromatic carboxylic acids is 1. The summed E-state index contributed by atoms with van der Waals surface area (Å²) in [5.74, 6) is -1.55. The van der Waals surface area contributed by atoms with E-state index in [0.29, 0.717) is 32.9 Å². The third kappa shape index (κ3) is 3.93. The fraction of sp³-hybridized carbons (Fsp3) is 0.0500. The van der Waals surface area contributed by atoms with Gasteiger partial charge in [0.05, 0.1) is 10.7 Å². The van der Waals surface area contributed by atoms with Crippen molar-refractivity contribution in [1.29, 1.82) is 0 Å². The highest BCUT2D eigenvalue weighted by atomic mass is 35.5. The van der Waals surface area contributed by atoms with Crippen molar-refractivity contribution >= 4 is 69.5 Å². The Hall–Kier alpha value is -3.53. The van der Waals surface area contributed by atoms with E-state index in [2.05, 4.69) is 15.7 Å². The molecule has 2 aromatic carbocycles. The number of hydrazine groups is 1. The number of amides is 3. The van der Waals surface area contributed by atoms with Gasteiger partial charge in [0.25, 0.3) is 5.91 Å². The molecule has 3 aromatic rings. The maximum Gasteiger partial charge on any atom is 0.352 e. The van der Waals surface area contributed by atoms with E-state index < -0.39 is 12.0 Å². The highest BCUT2D eigenvalue weighted by molar-refractivity contribution is 6.39. The number of carbonyl (C=O) groups is 3. The number of aromatic amines is 1. The second-order valence-electron chi connectivity index (χ2n) is 6.71. The van der Waals surface area contributed by atoms with Gasteiger partial charge in [-0.2, -0.15) is 0 Å². The van der Waals surface area contributed by atoms with Crippen molar-refractivity contribution < 1.29 is 19.5 Å². The topological polar surface area (TPSA) is 141 Å². The van der Waals surface area contributed by atoms with Crippen molar-refractivity contribution in [3.63, 3.8) is 0 Å². The van der Waals surface area contributed by atoms with Crippen LogP contribution in [0.3, 0.4) is 0 Å². The molecular weight excluding hydrogens is 445 g/mol. The van der Waals surface area contributed by atoms with E-state index >= 15 is 0 Å². The summed E-state index contributed by atoms with van der Waals surface area (Å²) in [5.41, 5.74) is 10.0. The lowest BCUT2D eigenvalue weighted by molar-refractivity contribution is -0.114. The molecule has 0 bridgehead atoms. The number of nitrogens with zero attached hydrogens (tertiary/aromatic N) is 1. The Kier molecular flexibility index (Phi) is 5.32. The van der Waals surface area contributed by atoms with Crippen molar-refractivity contribution in [1.82, 2.24) is 10.4 Å². The number of nitrogens with one attached hydrogen (secondary N) is 3. The van der Waals surface area contributed by atoms with Crippen LogP contribution in [0.5, 0.6) is 0 Å². The van der Waals surface area contributed by atoms with Crippen LogP contribution in [-0.2, 0) is 4.79 Å². The van der Waals surface area contributed by atoms with E-state index in [0.717, 1.165) is 0 Å². The van der Waals surface area contributed by atoms with Crippen LogP contribution in [-0.4, -0.2) is 34.5 Å². The van der Waals surface area contributed by atoms with Crippen molar-refractivity contribution in [2.75, 3.05) is 16.9 Å². The van der Waals surface area contributed by atoms with E-state index in [1.54, 1.807) is 30.3 Å². The minimum atomic E-state index is -1.19. The van der Waals surface area contributed by atoms with Gasteiger partial charge in [-0.25, -0.2) is 20.0 Å². The summed E-state index contributed by atoms with van der Waals surface area (Å²) in [6.07, 6.45) is 1.50. The van der Waals surface area contributed by atoms with Gasteiger partial charge in [-0.15, -0.1) is 0 Å². The van der Waals surface area contributed by atoms with Gasteiger partial charge in [0.15, 0.2) is 0 Å². The highest BCUT2D eigenvalue weighted by Gasteiger charge is 2.28. The smallest absolute Gasteiger partial charge is 0.352 e. The largest absolute Gasteiger partial charge is 0.477 e. The Morgan fingerprint density at radius 1 is 1.19 bits per heavy atom. The maximum atomic E-state index is 12.9. The van der Waals surface area contributed by atoms with Crippen molar-refractivity contribution in [3.8, 4) is 0 Å². The summed E-state index contributed by atoms with van der Waals surface area (Å²) in [5, 5.41) is 14.5. The number of halogens is 2. The Labute approximate surface area is 185 Å². The van der Waals surface area contributed by atoms with Crippen LogP contribution in [0.15, 0.2) is 42.0 Å². The SMILES string of the molecule is NC(=O)Nc1ccc(N2NCC(=Cc3c(C(=O)O)[nH]c4cc(Cl)cc(Cl)c34)C2=O)cc1. The number of primary amides is 1. The average molecular weight is 460 g/mol. The molecule has 158 valence electrons. The van der Waals surface area contributed by atoms with E-state index in [4.69, 9.17) is 28.9 Å². The number of H-pyrrole nitrogens is 1. The number of fused-ring (bicyclic) bond motifs is 1. The quantitative estimate of drug-likeness (QED) is 0.379. The fourth-order valence-electron chi connectivity index (χ4n) is 3.37. The zero-order valence-corrected chi connectivity index (χ0v) is 17.2. The monoisotopic (exact) mass is 459 g/mol. The summed E-state index contributed by atoms with van der Waals surface area (Å²) in [6.45, 7) is 0.178. The predicted octanol–water partition coefficient (Wildman–Crippen LogP) is 3.60. The molecule has 3 amide bonds. The van der Waals surface area contributed by atoms with Gasteiger partial charge in [-0.05, 0) is 42.5 Å². The lowest BCUT2D eigenvalue weighted by Crippen LogP contribution is -2.34. The standard InChI is InChI=1S/C20H15Cl2N5O4/c21-10-6-14(22)16-13(17(19(29)30)26-15(16)7-10)5-9-8-24-27(18(9)28)12-3-1-11(2-4-12)25-20(23)31/h1-7,24,26H,8H2,(H,29,30)(H3,23,25,31). The summed E-state index contributed by atoms with van der Waals surface area (Å²) >= 11 is 12.3. The number of hydrogen-bond acceptors (Lipinski definition) is 4. The van der Waals surface area contributed by atoms with E-state index in [-0.39, 0.29) is 28.7 Å². The normalized spacial score (nSPS) is 15.1. The average Bonchev–Trinajstić information content (AvgIpc) is 3.23. The molecule has 2 heterocycles. The van der Waals surface area contributed by atoms with Gasteiger partial charge >= 0.3 is 12.0 Å². The number of carboxylic acids is 1. The molecule has 1 aliphatic rings. The lowest BCUT2D eigenvalue weighted by atomic mass is 10.1. The number of carbonyl (C=O) groups excluding carboxylic acids is 2. The Morgan fingerprint density at radius 3 is 2.55 bits per heavy atom. The minimum Gasteiger partial charge on any atom is -0.477 e. The lowest BCUT2D eigenvalue weighted by Gasteiger charge is -2.15. The molecule has 0 unspecified atom stereocenters. The third-order valence-electron chi connectivity index (χ3n) is 4.68. The maximum absolute atomic E-state index is 12.9. The van der Waals surface area contributed by atoms with Gasteiger partial charge in [0.1, 0.15) is 5.69 Å². The molecule has 1 aliphatic heterocycles. The number of nitrogens with two attached hydrogens (primary N) is 1. The van der Waals surface area contributed by atoms with E-state index in [9.17, 15) is 19.5 Å². The number of aromatic nitrogens is 1. The molecule has 4 rings (SSSR count). The molecule has 1 fully saturated rings. The number of hydrogen-bond donors (Lipinski definition) is 5. The highest BCUT2D eigenvalue weighted by Crippen LogP contribution is 2.34. The number of benzene rings is 2. The first-order chi connectivity index (χ1) is 14.7. The Morgan fingerprint density at radius 2 is 1.90 bits per heavy atom. The molecule has 11 heteroatoms. The van der Waals surface area contributed by atoms with Gasteiger partial charge in [-0.1, -0.05) is 23.2 Å². The zero-order chi connectivity index (χ0) is 22.3. The number of rotatable bonds is 4. The summed E-state index contributed by atoms with van der Waals surface area (Å²) in [6, 6.07) is 8.85. The molecule has 31 heavy (non-hydrogen) atoms. The van der Waals surface area contributed by atoms with Crippen LogP contribution < -0.4 is 21.5 Å². The van der Waals surface area contributed by atoms with Gasteiger partial charge in [0.2, 0.25) is 0 Å². The van der Waals surface area contributed by atoms with Gasteiger partial charge < -0.3 is 21.1 Å². The summed E-state index contributed by atoms with van der Waals surface area (Å²) in [4.78, 5) is 38.4. The van der Waals surface area contributed by atoms with Crippen LogP contribution in [0, 0.1) is 0 Å². The molecule has 0 saturated carbocycles. The van der Waals surface area contributed by atoms with Gasteiger partial charge in [-0.3, -0.25) is 4.79 Å². The zero-order valence-electron chi connectivity index (χ0n) is 15.7. The molecule has 9 nitrogen and oxygen atoms in total. The molecule has 1 aromatic heterocycles. The molecule has 0 radical (unpaired) electrons. The summed E-state index contributed by atoms with van der Waals surface area (Å²) < 4.78 is 0. The van der Waals surface area contributed by atoms with Gasteiger partial charge in [0, 0.05) is 39.3 Å². The van der Waals surface area contributed by atoms with Crippen LogP contribution in [0.1, 0.15) is 16.1 Å². The van der Waals surface area contributed by atoms with Crippen molar-refractivity contribution in [3.05, 3.63) is 63.3 Å². The molecule has 6 N–H and O–H groups in total. The first kappa shape index (κ1) is 20.7. The van der Waals surface area contributed by atoms with Crippen molar-refractivity contribution in [2.45, 2.75) is 0 Å². The third-order valence-corrected chi connectivity index (χ3v) is 5.20. The van der Waals surface area contributed by atoms with E-state index in [1.807, 2.05) is 0 Å². The van der Waals surface area contributed by atoms with E-state index in [1.165, 1.54) is 17.2 Å². The Bertz CT molecular complexity index is 1270. The first-order valence-electron chi connectivity index (χ1n) is 8.93. The number of carboxylic acid groups (broad SMARTS) is 1. The van der Waals surface area contributed by atoms with Crippen LogP contribution >= 0.6 is 23.2 Å². The number of urea groups is 1. The second-order valence-corrected chi connectivity index (χ2v) is 7.55. The second kappa shape index (κ2) is 7.95. The molecular formula is C20H15Cl2N5O4. The first-order valence-corrected chi connectivity index (χ1v) is 9.69. The fourth-order valence-corrected chi connectivity index (χ4v) is 3.97. The minimum absolute atomic E-state index is 0.0974. The molecule has 0 spiro atoms. The Balaban J connectivity index is 1.70. The summed E-state index contributed by atoms with van der Waals surface area (Å²) in [7, 11) is 0. The van der Waals surface area contributed by atoms with Crippen molar-refractivity contribution in [2.24, 2.45) is 5.73 Å². The number of anilines is 2. The predicted molar refractivity (Wildman–Crippen MR) is 118 cm³/mol. The molecule has 1 saturated heterocycles. The van der Waals surface area contributed by atoms with Crippen LogP contribution in [0.4, 0.5) is 16.2 Å². The molecule has 0 atom stereocenters.